The van der Waals surface area contributed by atoms with Crippen molar-refractivity contribution in [2.45, 2.75) is 36.2 Å². The van der Waals surface area contributed by atoms with Crippen LogP contribution >= 0.6 is 0 Å². The molecule has 2 aliphatic rings. The van der Waals surface area contributed by atoms with Crippen molar-refractivity contribution in [3.8, 4) is 11.1 Å². The van der Waals surface area contributed by atoms with Crippen molar-refractivity contribution < 1.29 is 9.00 Å². The molecule has 3 heteroatoms. The highest BCUT2D eigenvalue weighted by molar-refractivity contribution is 7.86. The summed E-state index contributed by atoms with van der Waals surface area (Å²) < 4.78 is 12.2. The fourth-order valence-electron chi connectivity index (χ4n) is 4.03. The summed E-state index contributed by atoms with van der Waals surface area (Å²) >= 11 is 0. The number of hydrogen-bond acceptors (Lipinski definition) is 2. The minimum absolute atomic E-state index is 0.0371. The van der Waals surface area contributed by atoms with Crippen molar-refractivity contribution in [2.75, 3.05) is 0 Å². The van der Waals surface area contributed by atoms with Gasteiger partial charge >= 0.3 is 0 Å². The molecule has 2 atom stereocenters. The van der Waals surface area contributed by atoms with Crippen LogP contribution in [0.3, 0.4) is 0 Å². The van der Waals surface area contributed by atoms with Crippen LogP contribution in [0.15, 0.2) is 54.6 Å². The van der Waals surface area contributed by atoms with E-state index in [9.17, 15) is 9.00 Å². The van der Waals surface area contributed by atoms with E-state index in [2.05, 4.69) is 0 Å². The summed E-state index contributed by atoms with van der Waals surface area (Å²) in [5.74, 6) is 0.271. The lowest BCUT2D eigenvalue weighted by atomic mass is 9.87. The predicted octanol–water partition coefficient (Wildman–Crippen LogP) is 4.23. The first kappa shape index (κ1) is 14.8. The number of rotatable bonds is 3. The van der Waals surface area contributed by atoms with Crippen LogP contribution in [0.1, 0.15) is 36.0 Å². The monoisotopic (exact) mass is 324 g/mol. The van der Waals surface area contributed by atoms with Gasteiger partial charge < -0.3 is 0 Å². The first-order valence-corrected chi connectivity index (χ1v) is 9.59. The molecule has 2 bridgehead atoms. The van der Waals surface area contributed by atoms with Crippen molar-refractivity contribution >= 4 is 16.6 Å². The lowest BCUT2D eigenvalue weighted by Crippen LogP contribution is -2.32. The molecule has 118 valence electrons. The first-order chi connectivity index (χ1) is 11.2. The maximum absolute atomic E-state index is 13.1. The van der Waals surface area contributed by atoms with E-state index in [1.165, 1.54) is 0 Å². The number of Topliss-reactive ketones (excluding diaryl/α,β-unsaturated/α-hetero) is 1. The molecule has 2 unspecified atom stereocenters. The Kier molecular flexibility index (Phi) is 3.90. The molecule has 2 aliphatic heterocycles. The smallest absolute Gasteiger partial charge is 0.166 e. The molecule has 0 spiro atoms. The van der Waals surface area contributed by atoms with Crippen LogP contribution in [-0.4, -0.2) is 20.5 Å². The molecule has 0 aliphatic carbocycles. The van der Waals surface area contributed by atoms with Crippen LogP contribution in [0.4, 0.5) is 0 Å². The molecule has 2 nitrogen and oxygen atoms in total. The van der Waals surface area contributed by atoms with E-state index in [0.29, 0.717) is 0 Å². The second-order valence-electron chi connectivity index (χ2n) is 6.59. The van der Waals surface area contributed by atoms with Crippen molar-refractivity contribution in [1.82, 2.24) is 0 Å². The summed E-state index contributed by atoms with van der Waals surface area (Å²) in [7, 11) is -0.706. The van der Waals surface area contributed by atoms with Gasteiger partial charge in [0.15, 0.2) is 5.78 Å². The number of fused-ring (bicyclic) bond motifs is 2. The molecule has 2 aromatic carbocycles. The zero-order chi connectivity index (χ0) is 15.8. The number of carbonyl (C=O) groups is 1. The van der Waals surface area contributed by atoms with Crippen LogP contribution < -0.4 is 0 Å². The Hall–Kier alpha value is -1.74. The molecule has 4 rings (SSSR count). The Balaban J connectivity index is 1.66. The molecule has 0 N–H and O–H groups in total. The van der Waals surface area contributed by atoms with Gasteiger partial charge in [-0.2, -0.15) is 0 Å². The van der Waals surface area contributed by atoms with E-state index >= 15 is 0 Å². The highest BCUT2D eigenvalue weighted by Crippen LogP contribution is 2.40. The Morgan fingerprint density at radius 1 is 0.870 bits per heavy atom. The summed E-state index contributed by atoms with van der Waals surface area (Å²) in [5.41, 5.74) is 2.91. The summed E-state index contributed by atoms with van der Waals surface area (Å²) in [6.07, 6.45) is 3.65. The summed E-state index contributed by atoms with van der Waals surface area (Å²) in [5, 5.41) is 0.484. The molecular formula is C20H20O2S. The molecule has 2 fully saturated rings. The highest BCUT2D eigenvalue weighted by Gasteiger charge is 2.43. The zero-order valence-electron chi connectivity index (χ0n) is 13.0. The van der Waals surface area contributed by atoms with Gasteiger partial charge in [0.05, 0.1) is 0 Å². The lowest BCUT2D eigenvalue weighted by molar-refractivity contribution is 0.0907. The van der Waals surface area contributed by atoms with Gasteiger partial charge in [-0.15, -0.1) is 0 Å². The maximum atomic E-state index is 13.1. The van der Waals surface area contributed by atoms with Crippen LogP contribution in [0.25, 0.3) is 11.1 Å². The topological polar surface area (TPSA) is 34.1 Å². The van der Waals surface area contributed by atoms with E-state index in [-0.39, 0.29) is 22.2 Å². The van der Waals surface area contributed by atoms with Gasteiger partial charge in [-0.3, -0.25) is 9.00 Å². The molecule has 0 amide bonds. The average molecular weight is 324 g/mol. The second-order valence-corrected chi connectivity index (χ2v) is 8.58. The summed E-state index contributed by atoms with van der Waals surface area (Å²) in [6, 6.07) is 18.0. The Morgan fingerprint density at radius 3 is 2.17 bits per heavy atom. The Labute approximate surface area is 139 Å². The largest absolute Gasteiger partial charge is 0.294 e. The van der Waals surface area contributed by atoms with Crippen LogP contribution in [0.2, 0.25) is 0 Å². The van der Waals surface area contributed by atoms with Crippen LogP contribution in [-0.2, 0) is 10.8 Å². The third kappa shape index (κ3) is 2.67. The van der Waals surface area contributed by atoms with Gasteiger partial charge in [0, 0.05) is 32.8 Å². The predicted molar refractivity (Wildman–Crippen MR) is 93.9 cm³/mol. The third-order valence-electron chi connectivity index (χ3n) is 5.21. The number of carbonyl (C=O) groups excluding carboxylic acids is 1. The van der Waals surface area contributed by atoms with Gasteiger partial charge in [-0.1, -0.05) is 54.6 Å². The molecule has 0 radical (unpaired) electrons. The van der Waals surface area contributed by atoms with E-state index in [4.69, 9.17) is 0 Å². The first-order valence-electron chi connectivity index (χ1n) is 8.32. The third-order valence-corrected chi connectivity index (χ3v) is 7.38. The van der Waals surface area contributed by atoms with Crippen molar-refractivity contribution in [2.24, 2.45) is 5.92 Å². The van der Waals surface area contributed by atoms with Gasteiger partial charge in [-0.25, -0.2) is 0 Å². The molecule has 23 heavy (non-hydrogen) atoms. The van der Waals surface area contributed by atoms with Crippen molar-refractivity contribution in [3.05, 3.63) is 60.2 Å². The quantitative estimate of drug-likeness (QED) is 0.792. The van der Waals surface area contributed by atoms with Crippen LogP contribution in [0.5, 0.6) is 0 Å². The highest BCUT2D eigenvalue weighted by atomic mass is 32.2. The maximum Gasteiger partial charge on any atom is 0.166 e. The molecule has 2 aromatic rings. The fraction of sp³-hybridized carbons (Fsp3) is 0.350. The Morgan fingerprint density at radius 2 is 1.48 bits per heavy atom. The van der Waals surface area contributed by atoms with E-state index < -0.39 is 10.8 Å². The van der Waals surface area contributed by atoms with E-state index in [1.807, 2.05) is 54.6 Å². The second kappa shape index (κ2) is 6.04. The van der Waals surface area contributed by atoms with Gasteiger partial charge in [-0.05, 0) is 36.8 Å². The molecule has 0 aromatic heterocycles. The minimum atomic E-state index is -0.706. The van der Waals surface area contributed by atoms with Crippen molar-refractivity contribution in [3.63, 3.8) is 0 Å². The normalized spacial score (nSPS) is 29.4. The van der Waals surface area contributed by atoms with E-state index in [0.717, 1.165) is 42.4 Å². The average Bonchev–Trinajstić information content (AvgIpc) is 2.83. The summed E-state index contributed by atoms with van der Waals surface area (Å²) in [4.78, 5) is 13.1. The van der Waals surface area contributed by atoms with Crippen molar-refractivity contribution in [1.29, 1.82) is 0 Å². The number of ketones is 1. The molecular weight excluding hydrogens is 304 g/mol. The standard InChI is InChI=1S/C20H20O2S/c21-20(15-12-16-10-11-17(13-15)23(16)22)19-9-5-4-8-18(19)14-6-2-1-3-7-14/h1-9,15-17H,10-13H2. The SMILES string of the molecule is O=C(c1ccccc1-c1ccccc1)C1CC2CCC(C1)S2=O. The van der Waals surface area contributed by atoms with E-state index in [1.54, 1.807) is 0 Å². The Bertz CT molecular complexity index is 737. The number of benzene rings is 2. The molecule has 0 saturated carbocycles. The number of hydrogen-bond donors (Lipinski definition) is 0. The minimum Gasteiger partial charge on any atom is -0.294 e. The molecule has 2 heterocycles. The van der Waals surface area contributed by atoms with Crippen LogP contribution in [0, 0.1) is 5.92 Å². The summed E-state index contributed by atoms with van der Waals surface area (Å²) in [6.45, 7) is 0. The van der Waals surface area contributed by atoms with Gasteiger partial charge in [0.2, 0.25) is 0 Å². The van der Waals surface area contributed by atoms with Gasteiger partial charge in [0.1, 0.15) is 0 Å². The fourth-order valence-corrected chi connectivity index (χ4v) is 6.16. The van der Waals surface area contributed by atoms with Gasteiger partial charge in [0.25, 0.3) is 0 Å². The lowest BCUT2D eigenvalue weighted by Gasteiger charge is -2.26. The molecule has 2 saturated heterocycles. The zero-order valence-corrected chi connectivity index (χ0v) is 13.8.